The predicted molar refractivity (Wildman–Crippen MR) is 76.2 cm³/mol. The minimum atomic E-state index is 0.655. The summed E-state index contributed by atoms with van der Waals surface area (Å²) in [5, 5.41) is 8.70. The summed E-state index contributed by atoms with van der Waals surface area (Å²) in [4.78, 5) is 2.55. The molecule has 0 bridgehead atoms. The standard InChI is InChI=1S/C15H22N4/c1-11(2)18-8-6-13(10-18)9-14-16-17-15-12(3)5-4-7-19(14)15/h4-5,7,11,13H,6,8-10H2,1-3H3. The van der Waals surface area contributed by atoms with Gasteiger partial charge in [0.15, 0.2) is 5.65 Å². The van der Waals surface area contributed by atoms with E-state index in [1.54, 1.807) is 0 Å². The van der Waals surface area contributed by atoms with Gasteiger partial charge in [0.05, 0.1) is 0 Å². The Kier molecular flexibility index (Phi) is 3.27. The van der Waals surface area contributed by atoms with Crippen molar-refractivity contribution in [1.29, 1.82) is 0 Å². The van der Waals surface area contributed by atoms with Crippen molar-refractivity contribution in [2.24, 2.45) is 5.92 Å². The molecule has 1 fully saturated rings. The molecular weight excluding hydrogens is 236 g/mol. The van der Waals surface area contributed by atoms with Crippen LogP contribution in [0.15, 0.2) is 18.3 Å². The number of pyridine rings is 1. The third-order valence-electron chi connectivity index (χ3n) is 4.22. The Hall–Kier alpha value is -1.42. The Morgan fingerprint density at radius 1 is 1.37 bits per heavy atom. The molecular formula is C15H22N4. The molecule has 2 aromatic rings. The number of rotatable bonds is 3. The van der Waals surface area contributed by atoms with Gasteiger partial charge in [-0.15, -0.1) is 10.2 Å². The van der Waals surface area contributed by atoms with Gasteiger partial charge in [-0.05, 0) is 51.3 Å². The number of aromatic nitrogens is 3. The molecule has 1 aliphatic rings. The number of aryl methyl sites for hydroxylation is 1. The van der Waals surface area contributed by atoms with E-state index in [4.69, 9.17) is 0 Å². The van der Waals surface area contributed by atoms with E-state index in [0.29, 0.717) is 6.04 Å². The molecule has 4 nitrogen and oxygen atoms in total. The Morgan fingerprint density at radius 3 is 2.95 bits per heavy atom. The van der Waals surface area contributed by atoms with Gasteiger partial charge in [0, 0.05) is 25.2 Å². The lowest BCUT2D eigenvalue weighted by atomic mass is 10.0. The predicted octanol–water partition coefficient (Wildman–Crippen LogP) is 2.31. The van der Waals surface area contributed by atoms with Gasteiger partial charge in [0.2, 0.25) is 0 Å². The van der Waals surface area contributed by atoms with Crippen molar-refractivity contribution in [3.05, 3.63) is 29.7 Å². The summed E-state index contributed by atoms with van der Waals surface area (Å²) in [7, 11) is 0. The van der Waals surface area contributed by atoms with E-state index in [9.17, 15) is 0 Å². The molecule has 0 saturated carbocycles. The van der Waals surface area contributed by atoms with Crippen molar-refractivity contribution < 1.29 is 0 Å². The molecule has 102 valence electrons. The summed E-state index contributed by atoms with van der Waals surface area (Å²) in [5.41, 5.74) is 2.19. The van der Waals surface area contributed by atoms with Gasteiger partial charge < -0.3 is 4.90 Å². The topological polar surface area (TPSA) is 33.4 Å². The first-order valence-electron chi connectivity index (χ1n) is 7.18. The fourth-order valence-corrected chi connectivity index (χ4v) is 2.99. The van der Waals surface area contributed by atoms with Crippen molar-refractivity contribution in [1.82, 2.24) is 19.5 Å². The first-order valence-corrected chi connectivity index (χ1v) is 7.18. The molecule has 0 spiro atoms. The first kappa shape index (κ1) is 12.6. The molecule has 1 saturated heterocycles. The Bertz CT molecular complexity index is 573. The van der Waals surface area contributed by atoms with E-state index < -0.39 is 0 Å². The molecule has 1 atom stereocenters. The zero-order valence-electron chi connectivity index (χ0n) is 12.0. The van der Waals surface area contributed by atoms with Crippen LogP contribution >= 0.6 is 0 Å². The second kappa shape index (κ2) is 4.93. The Morgan fingerprint density at radius 2 is 2.21 bits per heavy atom. The van der Waals surface area contributed by atoms with Gasteiger partial charge in [0.1, 0.15) is 5.82 Å². The smallest absolute Gasteiger partial charge is 0.163 e. The van der Waals surface area contributed by atoms with Crippen LogP contribution in [0.3, 0.4) is 0 Å². The van der Waals surface area contributed by atoms with Gasteiger partial charge >= 0.3 is 0 Å². The van der Waals surface area contributed by atoms with Gasteiger partial charge in [-0.25, -0.2) is 0 Å². The molecule has 1 unspecified atom stereocenters. The Balaban J connectivity index is 1.78. The highest BCUT2D eigenvalue weighted by Gasteiger charge is 2.25. The lowest BCUT2D eigenvalue weighted by molar-refractivity contribution is 0.264. The van der Waals surface area contributed by atoms with Crippen LogP contribution in [-0.2, 0) is 6.42 Å². The van der Waals surface area contributed by atoms with E-state index in [1.807, 2.05) is 0 Å². The average Bonchev–Trinajstić information content (AvgIpc) is 2.98. The van der Waals surface area contributed by atoms with Crippen LogP contribution in [0.25, 0.3) is 5.65 Å². The van der Waals surface area contributed by atoms with Crippen LogP contribution in [0.5, 0.6) is 0 Å². The van der Waals surface area contributed by atoms with E-state index in [0.717, 1.165) is 23.8 Å². The maximum atomic E-state index is 4.38. The number of likely N-dealkylation sites (tertiary alicyclic amines) is 1. The lowest BCUT2D eigenvalue weighted by Gasteiger charge is -2.20. The molecule has 1 aliphatic heterocycles. The van der Waals surface area contributed by atoms with Crippen molar-refractivity contribution in [2.75, 3.05) is 13.1 Å². The summed E-state index contributed by atoms with van der Waals surface area (Å²) in [6.45, 7) is 9.05. The molecule has 3 heterocycles. The Labute approximate surface area is 114 Å². The normalized spacial score (nSPS) is 20.7. The number of hydrogen-bond acceptors (Lipinski definition) is 3. The van der Waals surface area contributed by atoms with Crippen molar-refractivity contribution in [3.8, 4) is 0 Å². The van der Waals surface area contributed by atoms with Gasteiger partial charge in [-0.2, -0.15) is 0 Å². The number of fused-ring (bicyclic) bond motifs is 1. The maximum absolute atomic E-state index is 4.38. The molecule has 0 aliphatic carbocycles. The van der Waals surface area contributed by atoms with Crippen molar-refractivity contribution in [3.63, 3.8) is 0 Å². The molecule has 0 radical (unpaired) electrons. The summed E-state index contributed by atoms with van der Waals surface area (Å²) in [6.07, 6.45) is 4.39. The van der Waals surface area contributed by atoms with E-state index in [1.165, 1.54) is 25.1 Å². The third-order valence-corrected chi connectivity index (χ3v) is 4.22. The van der Waals surface area contributed by atoms with Crippen molar-refractivity contribution in [2.45, 2.75) is 39.7 Å². The van der Waals surface area contributed by atoms with Gasteiger partial charge in [-0.1, -0.05) is 6.07 Å². The highest BCUT2D eigenvalue weighted by atomic mass is 15.2. The second-order valence-corrected chi connectivity index (χ2v) is 5.95. The monoisotopic (exact) mass is 258 g/mol. The highest BCUT2D eigenvalue weighted by molar-refractivity contribution is 5.46. The van der Waals surface area contributed by atoms with E-state index >= 15 is 0 Å². The summed E-state index contributed by atoms with van der Waals surface area (Å²) in [5.74, 6) is 1.82. The largest absolute Gasteiger partial charge is 0.301 e. The summed E-state index contributed by atoms with van der Waals surface area (Å²) >= 11 is 0. The minimum Gasteiger partial charge on any atom is -0.301 e. The van der Waals surface area contributed by atoms with Gasteiger partial charge in [-0.3, -0.25) is 4.40 Å². The maximum Gasteiger partial charge on any atom is 0.163 e. The average molecular weight is 258 g/mol. The van der Waals surface area contributed by atoms with Crippen LogP contribution in [0, 0.1) is 12.8 Å². The first-order chi connectivity index (χ1) is 9.15. The fourth-order valence-electron chi connectivity index (χ4n) is 2.99. The zero-order valence-corrected chi connectivity index (χ0v) is 12.0. The minimum absolute atomic E-state index is 0.655. The van der Waals surface area contributed by atoms with Crippen LogP contribution in [0.1, 0.15) is 31.7 Å². The molecule has 0 amide bonds. The van der Waals surface area contributed by atoms with Crippen LogP contribution in [-0.4, -0.2) is 38.6 Å². The number of nitrogens with zero attached hydrogens (tertiary/aromatic N) is 4. The molecule has 4 heteroatoms. The summed E-state index contributed by atoms with van der Waals surface area (Å²) in [6, 6.07) is 4.82. The van der Waals surface area contributed by atoms with Gasteiger partial charge in [0.25, 0.3) is 0 Å². The molecule has 0 aromatic carbocycles. The van der Waals surface area contributed by atoms with E-state index in [-0.39, 0.29) is 0 Å². The highest BCUT2D eigenvalue weighted by Crippen LogP contribution is 2.22. The quantitative estimate of drug-likeness (QED) is 0.847. The number of hydrogen-bond donors (Lipinski definition) is 0. The fraction of sp³-hybridized carbons (Fsp3) is 0.600. The van der Waals surface area contributed by atoms with Crippen LogP contribution in [0.2, 0.25) is 0 Å². The lowest BCUT2D eigenvalue weighted by Crippen LogP contribution is -2.28. The summed E-state index contributed by atoms with van der Waals surface area (Å²) < 4.78 is 2.15. The third kappa shape index (κ3) is 2.37. The second-order valence-electron chi connectivity index (χ2n) is 5.95. The SMILES string of the molecule is Cc1cccn2c(CC3CCN(C(C)C)C3)nnc12. The van der Waals surface area contributed by atoms with Crippen LogP contribution < -0.4 is 0 Å². The molecule has 0 N–H and O–H groups in total. The molecule has 19 heavy (non-hydrogen) atoms. The molecule has 3 rings (SSSR count). The van der Waals surface area contributed by atoms with Crippen LogP contribution in [0.4, 0.5) is 0 Å². The van der Waals surface area contributed by atoms with E-state index in [2.05, 4.69) is 58.6 Å². The van der Waals surface area contributed by atoms with Crippen molar-refractivity contribution >= 4 is 5.65 Å². The zero-order chi connectivity index (χ0) is 13.4. The molecule has 2 aromatic heterocycles.